The Morgan fingerprint density at radius 2 is 2.10 bits per heavy atom. The number of aromatic nitrogens is 2. The smallest absolute Gasteiger partial charge is 0.263 e. The van der Waals surface area contributed by atoms with Crippen molar-refractivity contribution < 1.29 is 4.79 Å². The molecular formula is C15H23N3O2. The number of H-pyrrole nitrogens is 1. The fourth-order valence-corrected chi connectivity index (χ4v) is 2.83. The van der Waals surface area contributed by atoms with Gasteiger partial charge in [0.05, 0.1) is 6.33 Å². The van der Waals surface area contributed by atoms with Crippen LogP contribution in [0.2, 0.25) is 0 Å². The first-order valence-electron chi connectivity index (χ1n) is 7.21. The van der Waals surface area contributed by atoms with E-state index in [1.54, 1.807) is 4.90 Å². The predicted molar refractivity (Wildman–Crippen MR) is 77.6 cm³/mol. The lowest BCUT2D eigenvalue weighted by Crippen LogP contribution is -2.36. The van der Waals surface area contributed by atoms with Crippen molar-refractivity contribution in [1.82, 2.24) is 14.9 Å². The number of likely N-dealkylation sites (tertiary alicyclic amines) is 1. The molecule has 0 radical (unpaired) electrons. The highest BCUT2D eigenvalue weighted by Crippen LogP contribution is 2.34. The minimum absolute atomic E-state index is 0.140. The molecule has 1 aliphatic heterocycles. The summed E-state index contributed by atoms with van der Waals surface area (Å²) in [5.41, 5.74) is 0.0495. The van der Waals surface area contributed by atoms with Gasteiger partial charge in [-0.1, -0.05) is 20.8 Å². The van der Waals surface area contributed by atoms with E-state index in [0.717, 1.165) is 32.4 Å². The summed E-state index contributed by atoms with van der Waals surface area (Å²) in [5.74, 6) is 0.418. The number of aromatic amines is 1. The van der Waals surface area contributed by atoms with Gasteiger partial charge in [-0.25, -0.2) is 4.98 Å². The van der Waals surface area contributed by atoms with E-state index in [-0.39, 0.29) is 22.4 Å². The third kappa shape index (κ3) is 3.26. The molecule has 0 saturated carbocycles. The summed E-state index contributed by atoms with van der Waals surface area (Å²) in [6, 6.07) is 0. The topological polar surface area (TPSA) is 66.1 Å². The van der Waals surface area contributed by atoms with E-state index < -0.39 is 0 Å². The van der Waals surface area contributed by atoms with E-state index in [1.807, 2.05) is 0 Å². The van der Waals surface area contributed by atoms with Gasteiger partial charge in [-0.15, -0.1) is 0 Å². The van der Waals surface area contributed by atoms with Crippen LogP contribution in [0.15, 0.2) is 17.3 Å². The molecule has 110 valence electrons. The van der Waals surface area contributed by atoms with Gasteiger partial charge >= 0.3 is 0 Å². The second-order valence-electron chi connectivity index (χ2n) is 6.58. The highest BCUT2D eigenvalue weighted by Gasteiger charge is 2.29. The molecule has 1 atom stereocenters. The van der Waals surface area contributed by atoms with Crippen LogP contribution in [-0.4, -0.2) is 33.9 Å². The predicted octanol–water partition coefficient (Wildman–Crippen LogP) is 2.06. The Kier molecular flexibility index (Phi) is 4.26. The maximum Gasteiger partial charge on any atom is 0.263 e. The molecule has 1 N–H and O–H groups in total. The molecule has 20 heavy (non-hydrogen) atoms. The number of carbonyl (C=O) groups is 1. The van der Waals surface area contributed by atoms with Gasteiger partial charge in [-0.05, 0) is 30.6 Å². The third-order valence-corrected chi connectivity index (χ3v) is 4.19. The van der Waals surface area contributed by atoms with Crippen LogP contribution in [0, 0.1) is 11.3 Å². The zero-order valence-corrected chi connectivity index (χ0v) is 12.5. The molecule has 2 rings (SSSR count). The van der Waals surface area contributed by atoms with Gasteiger partial charge in [0.1, 0.15) is 5.56 Å². The molecular weight excluding hydrogens is 254 g/mol. The van der Waals surface area contributed by atoms with Crippen molar-refractivity contribution in [2.24, 2.45) is 11.3 Å². The van der Waals surface area contributed by atoms with Crippen molar-refractivity contribution in [2.45, 2.75) is 40.0 Å². The molecule has 0 spiro atoms. The standard InChI is InChI=1S/C15H23N3O2/c1-15(2,3)11-5-4-7-18(8-6-11)14(20)12-9-16-10-17-13(12)19/h9-11H,4-8H2,1-3H3,(H,16,17,19). The molecule has 1 saturated heterocycles. The zero-order chi connectivity index (χ0) is 14.8. The van der Waals surface area contributed by atoms with Crippen LogP contribution in [0.25, 0.3) is 0 Å². The minimum Gasteiger partial charge on any atom is -0.338 e. The Bertz CT molecular complexity index is 530. The molecule has 5 nitrogen and oxygen atoms in total. The van der Waals surface area contributed by atoms with Gasteiger partial charge in [0.25, 0.3) is 11.5 Å². The maximum absolute atomic E-state index is 12.4. The van der Waals surface area contributed by atoms with Crippen molar-refractivity contribution in [3.05, 3.63) is 28.4 Å². The molecule has 1 aromatic heterocycles. The number of rotatable bonds is 1. The second kappa shape index (κ2) is 5.77. The minimum atomic E-state index is -0.360. The molecule has 1 aliphatic rings. The van der Waals surface area contributed by atoms with Gasteiger partial charge in [-0.3, -0.25) is 9.59 Å². The maximum atomic E-state index is 12.4. The van der Waals surface area contributed by atoms with Crippen LogP contribution in [0.3, 0.4) is 0 Å². The van der Waals surface area contributed by atoms with Gasteiger partial charge in [0.2, 0.25) is 0 Å². The van der Waals surface area contributed by atoms with Crippen LogP contribution in [0.4, 0.5) is 0 Å². The van der Waals surface area contributed by atoms with Gasteiger partial charge in [0, 0.05) is 19.3 Å². The molecule has 1 aromatic rings. The Balaban J connectivity index is 2.10. The largest absolute Gasteiger partial charge is 0.338 e. The monoisotopic (exact) mass is 277 g/mol. The number of amides is 1. The second-order valence-corrected chi connectivity index (χ2v) is 6.58. The zero-order valence-electron chi connectivity index (χ0n) is 12.5. The number of nitrogens with zero attached hydrogens (tertiary/aromatic N) is 2. The lowest BCUT2D eigenvalue weighted by atomic mass is 9.77. The fourth-order valence-electron chi connectivity index (χ4n) is 2.83. The summed E-state index contributed by atoms with van der Waals surface area (Å²) in [6.07, 6.45) is 5.78. The number of hydrogen-bond acceptors (Lipinski definition) is 3. The van der Waals surface area contributed by atoms with E-state index in [0.29, 0.717) is 5.92 Å². The first-order chi connectivity index (χ1) is 9.39. The molecule has 0 bridgehead atoms. The Morgan fingerprint density at radius 1 is 1.35 bits per heavy atom. The summed E-state index contributed by atoms with van der Waals surface area (Å²) in [6.45, 7) is 8.19. The van der Waals surface area contributed by atoms with E-state index >= 15 is 0 Å². The Labute approximate surface area is 119 Å². The van der Waals surface area contributed by atoms with Crippen LogP contribution in [0.1, 0.15) is 50.4 Å². The highest BCUT2D eigenvalue weighted by atomic mass is 16.2. The molecule has 1 fully saturated rings. The van der Waals surface area contributed by atoms with Crippen LogP contribution in [0.5, 0.6) is 0 Å². The van der Waals surface area contributed by atoms with E-state index in [9.17, 15) is 9.59 Å². The lowest BCUT2D eigenvalue weighted by molar-refractivity contribution is 0.0753. The number of nitrogens with one attached hydrogen (secondary N) is 1. The summed E-state index contributed by atoms with van der Waals surface area (Å²) >= 11 is 0. The summed E-state index contributed by atoms with van der Waals surface area (Å²) < 4.78 is 0. The van der Waals surface area contributed by atoms with Crippen molar-refractivity contribution in [1.29, 1.82) is 0 Å². The quantitative estimate of drug-likeness (QED) is 0.854. The highest BCUT2D eigenvalue weighted by molar-refractivity contribution is 5.93. The third-order valence-electron chi connectivity index (χ3n) is 4.19. The van der Waals surface area contributed by atoms with Crippen molar-refractivity contribution in [3.63, 3.8) is 0 Å². The van der Waals surface area contributed by atoms with Crippen LogP contribution < -0.4 is 5.56 Å². The molecule has 0 aromatic carbocycles. The fraction of sp³-hybridized carbons (Fsp3) is 0.667. The lowest BCUT2D eigenvalue weighted by Gasteiger charge is -2.29. The van der Waals surface area contributed by atoms with Crippen molar-refractivity contribution in [3.8, 4) is 0 Å². The SMILES string of the molecule is CC(C)(C)C1CCCN(C(=O)c2cnc[nH]c2=O)CC1. The Hall–Kier alpha value is -1.65. The molecule has 1 amide bonds. The first kappa shape index (κ1) is 14.8. The van der Waals surface area contributed by atoms with E-state index in [4.69, 9.17) is 0 Å². The number of carbonyl (C=O) groups excluding carboxylic acids is 1. The van der Waals surface area contributed by atoms with E-state index in [2.05, 4.69) is 30.7 Å². The van der Waals surface area contributed by atoms with Crippen molar-refractivity contribution >= 4 is 5.91 Å². The van der Waals surface area contributed by atoms with Crippen molar-refractivity contribution in [2.75, 3.05) is 13.1 Å². The van der Waals surface area contributed by atoms with Gasteiger partial charge < -0.3 is 9.88 Å². The van der Waals surface area contributed by atoms with Crippen LogP contribution >= 0.6 is 0 Å². The van der Waals surface area contributed by atoms with Gasteiger partial charge in [-0.2, -0.15) is 0 Å². The average molecular weight is 277 g/mol. The molecule has 2 heterocycles. The van der Waals surface area contributed by atoms with Gasteiger partial charge in [0.15, 0.2) is 0 Å². The van der Waals surface area contributed by atoms with E-state index in [1.165, 1.54) is 12.5 Å². The first-order valence-corrected chi connectivity index (χ1v) is 7.21. The normalized spacial score (nSPS) is 20.6. The molecule has 5 heteroatoms. The molecule has 0 aliphatic carbocycles. The number of hydrogen-bond donors (Lipinski definition) is 1. The Morgan fingerprint density at radius 3 is 2.75 bits per heavy atom. The summed E-state index contributed by atoms with van der Waals surface area (Å²) in [5, 5.41) is 0. The summed E-state index contributed by atoms with van der Waals surface area (Å²) in [4.78, 5) is 32.1. The molecule has 1 unspecified atom stereocenters. The van der Waals surface area contributed by atoms with Crippen LogP contribution in [-0.2, 0) is 0 Å². The summed E-state index contributed by atoms with van der Waals surface area (Å²) in [7, 11) is 0. The average Bonchev–Trinajstić information content (AvgIpc) is 2.63.